The SMILES string of the molecule is CCC(CC)OC1=CN=C(C(=O)O)C(OCc2ccccc2)C1=C=O. The molecule has 6 nitrogen and oxygen atoms in total. The molecule has 0 saturated carbocycles. The smallest absolute Gasteiger partial charge is 0.353 e. The van der Waals surface area contributed by atoms with Gasteiger partial charge in [-0.3, -0.25) is 0 Å². The molecule has 25 heavy (non-hydrogen) atoms. The summed E-state index contributed by atoms with van der Waals surface area (Å²) in [6, 6.07) is 9.27. The van der Waals surface area contributed by atoms with E-state index in [4.69, 9.17) is 9.47 Å². The molecule has 0 aliphatic carbocycles. The van der Waals surface area contributed by atoms with Crippen molar-refractivity contribution in [3.8, 4) is 0 Å². The fourth-order valence-corrected chi connectivity index (χ4v) is 2.45. The normalized spacial score (nSPS) is 16.9. The second-order valence-corrected chi connectivity index (χ2v) is 5.56. The van der Waals surface area contributed by atoms with Crippen LogP contribution in [-0.2, 0) is 25.7 Å². The summed E-state index contributed by atoms with van der Waals surface area (Å²) in [5.41, 5.74) is 0.621. The number of carboxylic acid groups (broad SMARTS) is 1. The predicted molar refractivity (Wildman–Crippen MR) is 92.8 cm³/mol. The lowest BCUT2D eigenvalue weighted by molar-refractivity contribution is -0.130. The van der Waals surface area contributed by atoms with Crippen molar-refractivity contribution in [1.29, 1.82) is 0 Å². The summed E-state index contributed by atoms with van der Waals surface area (Å²) in [6.45, 7) is 4.08. The minimum Gasteiger partial charge on any atom is -0.488 e. The number of carboxylic acids is 1. The Morgan fingerprint density at radius 1 is 1.28 bits per heavy atom. The first kappa shape index (κ1) is 18.6. The zero-order valence-corrected chi connectivity index (χ0v) is 14.3. The van der Waals surface area contributed by atoms with Gasteiger partial charge in [-0.2, -0.15) is 0 Å². The van der Waals surface area contributed by atoms with Crippen LogP contribution >= 0.6 is 0 Å². The van der Waals surface area contributed by atoms with E-state index >= 15 is 0 Å². The third-order valence-electron chi connectivity index (χ3n) is 3.89. The van der Waals surface area contributed by atoms with Crippen molar-refractivity contribution in [2.75, 3.05) is 0 Å². The van der Waals surface area contributed by atoms with Gasteiger partial charge in [0.2, 0.25) is 0 Å². The van der Waals surface area contributed by atoms with Gasteiger partial charge in [0.15, 0.2) is 11.5 Å². The second-order valence-electron chi connectivity index (χ2n) is 5.56. The number of carbonyl (C=O) groups is 1. The van der Waals surface area contributed by atoms with E-state index in [1.165, 1.54) is 6.20 Å². The first-order valence-corrected chi connectivity index (χ1v) is 8.19. The van der Waals surface area contributed by atoms with Crippen molar-refractivity contribution in [2.45, 2.75) is 45.5 Å². The van der Waals surface area contributed by atoms with Crippen LogP contribution in [0.5, 0.6) is 0 Å². The summed E-state index contributed by atoms with van der Waals surface area (Å²) < 4.78 is 11.5. The van der Waals surface area contributed by atoms with Gasteiger partial charge >= 0.3 is 5.97 Å². The van der Waals surface area contributed by atoms with Gasteiger partial charge in [0, 0.05) is 0 Å². The highest BCUT2D eigenvalue weighted by Crippen LogP contribution is 2.25. The number of aliphatic carboxylic acids is 1. The monoisotopic (exact) mass is 343 g/mol. The number of aliphatic imine (C=N–C) groups is 1. The van der Waals surface area contributed by atoms with Crippen LogP contribution in [0.2, 0.25) is 0 Å². The van der Waals surface area contributed by atoms with Crippen LogP contribution in [0, 0.1) is 0 Å². The van der Waals surface area contributed by atoms with E-state index in [2.05, 4.69) is 4.99 Å². The van der Waals surface area contributed by atoms with Crippen molar-refractivity contribution >= 4 is 17.6 Å². The highest BCUT2D eigenvalue weighted by molar-refractivity contribution is 6.39. The minimum absolute atomic E-state index is 0.0234. The molecule has 0 radical (unpaired) electrons. The lowest BCUT2D eigenvalue weighted by Gasteiger charge is -2.25. The number of benzene rings is 1. The summed E-state index contributed by atoms with van der Waals surface area (Å²) in [5.74, 6) is 0.751. The largest absolute Gasteiger partial charge is 0.488 e. The number of hydrogen-bond acceptors (Lipinski definition) is 5. The Morgan fingerprint density at radius 3 is 2.52 bits per heavy atom. The zero-order chi connectivity index (χ0) is 18.2. The lowest BCUT2D eigenvalue weighted by atomic mass is 10.0. The van der Waals surface area contributed by atoms with Gasteiger partial charge in [-0.15, -0.1) is 0 Å². The first-order valence-electron chi connectivity index (χ1n) is 8.19. The molecule has 1 atom stereocenters. The Labute approximate surface area is 146 Å². The summed E-state index contributed by atoms with van der Waals surface area (Å²) in [6.07, 6.45) is 1.55. The molecular weight excluding hydrogens is 322 g/mol. The van der Waals surface area contributed by atoms with Crippen molar-refractivity contribution in [3.63, 3.8) is 0 Å². The Kier molecular flexibility index (Phi) is 6.69. The molecule has 132 valence electrons. The second kappa shape index (κ2) is 8.97. The van der Waals surface area contributed by atoms with Gasteiger partial charge in [-0.05, 0) is 18.4 Å². The zero-order valence-electron chi connectivity index (χ0n) is 14.3. The Bertz CT molecular complexity index is 713. The van der Waals surface area contributed by atoms with Crippen LogP contribution in [0.25, 0.3) is 0 Å². The Hall–Kier alpha value is -2.69. The molecule has 0 saturated heterocycles. The summed E-state index contributed by atoms with van der Waals surface area (Å²) in [4.78, 5) is 26.9. The highest BCUT2D eigenvalue weighted by atomic mass is 16.5. The van der Waals surface area contributed by atoms with Gasteiger partial charge < -0.3 is 14.6 Å². The molecule has 0 bridgehead atoms. The summed E-state index contributed by atoms with van der Waals surface area (Å²) in [7, 11) is 0. The lowest BCUT2D eigenvalue weighted by Crippen LogP contribution is -2.36. The molecule has 1 aromatic rings. The summed E-state index contributed by atoms with van der Waals surface area (Å²) >= 11 is 0. The number of nitrogens with zero attached hydrogens (tertiary/aromatic N) is 1. The van der Waals surface area contributed by atoms with E-state index in [0.29, 0.717) is 0 Å². The van der Waals surface area contributed by atoms with E-state index in [1.54, 1.807) is 5.94 Å². The molecule has 0 amide bonds. The molecule has 1 heterocycles. The van der Waals surface area contributed by atoms with Crippen molar-refractivity contribution in [1.82, 2.24) is 0 Å². The maximum atomic E-state index is 11.5. The van der Waals surface area contributed by atoms with Crippen molar-refractivity contribution < 1.29 is 24.2 Å². The van der Waals surface area contributed by atoms with Crippen molar-refractivity contribution in [2.24, 2.45) is 4.99 Å². The van der Waals surface area contributed by atoms with E-state index < -0.39 is 12.1 Å². The number of carbonyl (C=O) groups excluding carboxylic acids is 1. The number of ether oxygens (including phenoxy) is 2. The Balaban J connectivity index is 2.25. The van der Waals surface area contributed by atoms with Gasteiger partial charge in [-0.25, -0.2) is 14.6 Å². The van der Waals surface area contributed by atoms with Crippen LogP contribution in [0.15, 0.2) is 52.9 Å². The third-order valence-corrected chi connectivity index (χ3v) is 3.89. The molecular formula is C19H21NO5. The van der Waals surface area contributed by atoms with Gasteiger partial charge in [0.1, 0.15) is 17.6 Å². The molecule has 0 fully saturated rings. The fourth-order valence-electron chi connectivity index (χ4n) is 2.45. The standard InChI is InChI=1S/C19H21NO5/c1-3-14(4-2)25-16-10-20-17(19(22)23)18(15(16)11-21)24-12-13-8-6-5-7-9-13/h5-10,14,18H,3-4,12H2,1-2H3,(H,22,23). The molecule has 0 aromatic heterocycles. The van der Waals surface area contributed by atoms with Gasteiger partial charge in [0.05, 0.1) is 18.9 Å². The van der Waals surface area contributed by atoms with Crippen LogP contribution in [0.4, 0.5) is 0 Å². The molecule has 1 unspecified atom stereocenters. The maximum absolute atomic E-state index is 11.5. The molecule has 1 aromatic carbocycles. The molecule has 2 rings (SSSR count). The molecule has 1 N–H and O–H groups in total. The number of rotatable bonds is 8. The fraction of sp³-hybridized carbons (Fsp3) is 0.368. The number of hydrogen-bond donors (Lipinski definition) is 1. The van der Waals surface area contributed by atoms with E-state index in [1.807, 2.05) is 44.2 Å². The van der Waals surface area contributed by atoms with E-state index in [0.717, 1.165) is 18.4 Å². The molecule has 1 aliphatic rings. The molecule has 0 spiro atoms. The van der Waals surface area contributed by atoms with Crippen LogP contribution < -0.4 is 0 Å². The van der Waals surface area contributed by atoms with Gasteiger partial charge in [-0.1, -0.05) is 44.2 Å². The van der Waals surface area contributed by atoms with Crippen molar-refractivity contribution in [3.05, 3.63) is 53.4 Å². The summed E-state index contributed by atoms with van der Waals surface area (Å²) in [5, 5.41) is 9.36. The topological polar surface area (TPSA) is 85.2 Å². The average Bonchev–Trinajstić information content (AvgIpc) is 2.64. The average molecular weight is 343 g/mol. The maximum Gasteiger partial charge on any atom is 0.353 e. The van der Waals surface area contributed by atoms with Crippen LogP contribution in [0.3, 0.4) is 0 Å². The third kappa shape index (κ3) is 4.66. The van der Waals surface area contributed by atoms with Crippen LogP contribution in [-0.4, -0.2) is 34.9 Å². The highest BCUT2D eigenvalue weighted by Gasteiger charge is 2.34. The molecule has 6 heteroatoms. The van der Waals surface area contributed by atoms with Crippen LogP contribution in [0.1, 0.15) is 32.3 Å². The van der Waals surface area contributed by atoms with Gasteiger partial charge in [0.25, 0.3) is 0 Å². The van der Waals surface area contributed by atoms with E-state index in [9.17, 15) is 14.7 Å². The minimum atomic E-state index is -1.25. The quantitative estimate of drug-likeness (QED) is 0.734. The molecule has 1 aliphatic heterocycles. The first-order chi connectivity index (χ1) is 12.1. The predicted octanol–water partition coefficient (Wildman–Crippen LogP) is 2.92. The van der Waals surface area contributed by atoms with E-state index in [-0.39, 0.29) is 29.8 Å². The Morgan fingerprint density at radius 2 is 1.96 bits per heavy atom.